The summed E-state index contributed by atoms with van der Waals surface area (Å²) in [4.78, 5) is 25.5. The van der Waals surface area contributed by atoms with Gasteiger partial charge in [-0.25, -0.2) is 9.07 Å². The van der Waals surface area contributed by atoms with Crippen LogP contribution in [0.1, 0.15) is 5.69 Å². The highest BCUT2D eigenvalue weighted by Gasteiger charge is 2.11. The third-order valence-corrected chi connectivity index (χ3v) is 5.10. The summed E-state index contributed by atoms with van der Waals surface area (Å²) < 4.78 is 19.3. The van der Waals surface area contributed by atoms with Crippen LogP contribution in [0, 0.1) is 5.82 Å². The lowest BCUT2D eigenvalue weighted by molar-refractivity contribution is -0.118. The molecule has 0 bridgehead atoms. The molecular formula is C20H20FN3O3S. The molecule has 0 saturated heterocycles. The summed E-state index contributed by atoms with van der Waals surface area (Å²) in [6.45, 7) is 0.906. The smallest absolute Gasteiger partial charge is 0.274 e. The number of ether oxygens (including phenoxy) is 1. The van der Waals surface area contributed by atoms with Crippen molar-refractivity contribution >= 4 is 28.4 Å². The number of rotatable bonds is 8. The van der Waals surface area contributed by atoms with E-state index in [4.69, 9.17) is 4.74 Å². The van der Waals surface area contributed by atoms with Crippen molar-refractivity contribution in [1.82, 2.24) is 15.1 Å². The lowest BCUT2D eigenvalue weighted by Gasteiger charge is -2.11. The SMILES string of the molecule is COCCn1nc(CNC(=O)CSc2ccc(F)cc2)c2ccccc2c1=O. The Kier molecular flexibility index (Phi) is 6.78. The highest BCUT2D eigenvalue weighted by atomic mass is 32.2. The molecular weight excluding hydrogens is 381 g/mol. The maximum absolute atomic E-state index is 12.9. The number of amides is 1. The summed E-state index contributed by atoms with van der Waals surface area (Å²) in [5.41, 5.74) is 0.432. The van der Waals surface area contributed by atoms with Crippen molar-refractivity contribution in [3.63, 3.8) is 0 Å². The zero-order valence-corrected chi connectivity index (χ0v) is 16.2. The lowest BCUT2D eigenvalue weighted by atomic mass is 10.1. The molecule has 1 aromatic heterocycles. The Balaban J connectivity index is 1.70. The Morgan fingerprint density at radius 1 is 1.18 bits per heavy atom. The second-order valence-corrected chi connectivity index (χ2v) is 7.08. The van der Waals surface area contributed by atoms with Gasteiger partial charge in [0, 0.05) is 17.4 Å². The number of aromatic nitrogens is 2. The average molecular weight is 401 g/mol. The molecule has 0 fully saturated rings. The third-order valence-electron chi connectivity index (χ3n) is 4.09. The van der Waals surface area contributed by atoms with Crippen LogP contribution >= 0.6 is 11.8 Å². The summed E-state index contributed by atoms with van der Waals surface area (Å²) in [6, 6.07) is 13.2. The van der Waals surface area contributed by atoms with E-state index in [2.05, 4.69) is 10.4 Å². The number of hydrogen-bond acceptors (Lipinski definition) is 5. The number of nitrogens with one attached hydrogen (secondary N) is 1. The number of benzene rings is 2. The van der Waals surface area contributed by atoms with Gasteiger partial charge in [-0.05, 0) is 30.3 Å². The van der Waals surface area contributed by atoms with Crippen molar-refractivity contribution in [1.29, 1.82) is 0 Å². The molecule has 28 heavy (non-hydrogen) atoms. The van der Waals surface area contributed by atoms with Crippen LogP contribution in [0.3, 0.4) is 0 Å². The van der Waals surface area contributed by atoms with Gasteiger partial charge in [0.05, 0.1) is 36.5 Å². The molecule has 0 unspecified atom stereocenters. The molecule has 1 N–H and O–H groups in total. The Bertz CT molecular complexity index is 1020. The van der Waals surface area contributed by atoms with Crippen LogP contribution in [-0.4, -0.2) is 35.2 Å². The number of nitrogens with zero attached hydrogens (tertiary/aromatic N) is 2. The fraction of sp³-hybridized carbons (Fsp3) is 0.250. The molecule has 0 spiro atoms. The van der Waals surface area contributed by atoms with E-state index >= 15 is 0 Å². The number of hydrogen-bond donors (Lipinski definition) is 1. The van der Waals surface area contributed by atoms with E-state index in [1.807, 2.05) is 12.1 Å². The van der Waals surface area contributed by atoms with Gasteiger partial charge in [0.2, 0.25) is 5.91 Å². The molecule has 0 radical (unpaired) electrons. The van der Waals surface area contributed by atoms with Crippen molar-refractivity contribution in [3.05, 3.63) is 70.4 Å². The minimum absolute atomic E-state index is 0.171. The molecule has 0 aliphatic rings. The average Bonchev–Trinajstić information content (AvgIpc) is 2.72. The quantitative estimate of drug-likeness (QED) is 0.588. The highest BCUT2D eigenvalue weighted by Crippen LogP contribution is 2.18. The Morgan fingerprint density at radius 3 is 2.61 bits per heavy atom. The predicted octanol–water partition coefficient (Wildman–Crippen LogP) is 2.59. The first-order chi connectivity index (χ1) is 13.6. The van der Waals surface area contributed by atoms with Gasteiger partial charge in [-0.2, -0.15) is 5.10 Å². The van der Waals surface area contributed by atoms with Crippen LogP contribution in [-0.2, 0) is 22.6 Å². The van der Waals surface area contributed by atoms with Gasteiger partial charge < -0.3 is 10.1 Å². The Morgan fingerprint density at radius 2 is 1.89 bits per heavy atom. The van der Waals surface area contributed by atoms with Crippen molar-refractivity contribution in [3.8, 4) is 0 Å². The number of halogens is 1. The molecule has 0 aliphatic heterocycles. The third kappa shape index (κ3) is 4.96. The highest BCUT2D eigenvalue weighted by molar-refractivity contribution is 8.00. The fourth-order valence-corrected chi connectivity index (χ4v) is 3.41. The first-order valence-corrected chi connectivity index (χ1v) is 9.70. The largest absolute Gasteiger partial charge is 0.383 e. The number of methoxy groups -OCH3 is 1. The monoisotopic (exact) mass is 401 g/mol. The standard InChI is InChI=1S/C20H20FN3O3S/c1-27-11-10-24-20(26)17-5-3-2-4-16(17)18(23-24)12-22-19(25)13-28-15-8-6-14(21)7-9-15/h2-9H,10-13H2,1H3,(H,22,25). The summed E-state index contributed by atoms with van der Waals surface area (Å²) >= 11 is 1.32. The van der Waals surface area contributed by atoms with Crippen LogP contribution < -0.4 is 10.9 Å². The predicted molar refractivity (Wildman–Crippen MR) is 107 cm³/mol. The topological polar surface area (TPSA) is 73.2 Å². The fourth-order valence-electron chi connectivity index (χ4n) is 2.68. The molecule has 146 valence electrons. The van der Waals surface area contributed by atoms with Gasteiger partial charge >= 0.3 is 0 Å². The van der Waals surface area contributed by atoms with Crippen LogP contribution in [0.5, 0.6) is 0 Å². The summed E-state index contributed by atoms with van der Waals surface area (Å²) in [6.07, 6.45) is 0. The normalized spacial score (nSPS) is 10.9. The number of carbonyl (C=O) groups is 1. The Hall–Kier alpha value is -2.71. The number of thioether (sulfide) groups is 1. The van der Waals surface area contributed by atoms with Gasteiger partial charge in [0.1, 0.15) is 5.82 Å². The van der Waals surface area contributed by atoms with Gasteiger partial charge in [0.15, 0.2) is 0 Å². The van der Waals surface area contributed by atoms with Crippen LogP contribution in [0.25, 0.3) is 10.8 Å². The van der Waals surface area contributed by atoms with E-state index in [1.54, 1.807) is 31.4 Å². The number of carbonyl (C=O) groups excluding carboxylic acids is 1. The molecule has 1 amide bonds. The minimum Gasteiger partial charge on any atom is -0.383 e. The van der Waals surface area contributed by atoms with Crippen LogP contribution in [0.2, 0.25) is 0 Å². The van der Waals surface area contributed by atoms with Crippen molar-refractivity contribution in [2.75, 3.05) is 19.5 Å². The van der Waals surface area contributed by atoms with Crippen molar-refractivity contribution in [2.24, 2.45) is 0 Å². The first-order valence-electron chi connectivity index (χ1n) is 8.71. The lowest BCUT2D eigenvalue weighted by Crippen LogP contribution is -2.30. The van der Waals surface area contributed by atoms with Crippen LogP contribution in [0.15, 0.2) is 58.2 Å². The first kappa shape index (κ1) is 20.0. The van der Waals surface area contributed by atoms with E-state index in [0.717, 1.165) is 4.90 Å². The summed E-state index contributed by atoms with van der Waals surface area (Å²) in [5, 5.41) is 8.50. The number of fused-ring (bicyclic) bond motifs is 1. The zero-order valence-electron chi connectivity index (χ0n) is 15.4. The van der Waals surface area contributed by atoms with E-state index < -0.39 is 0 Å². The molecule has 8 heteroatoms. The maximum Gasteiger partial charge on any atom is 0.274 e. The van der Waals surface area contributed by atoms with E-state index in [0.29, 0.717) is 29.6 Å². The molecule has 0 saturated carbocycles. The zero-order chi connectivity index (χ0) is 19.9. The van der Waals surface area contributed by atoms with Gasteiger partial charge in [-0.1, -0.05) is 18.2 Å². The molecule has 6 nitrogen and oxygen atoms in total. The second kappa shape index (κ2) is 9.48. The van der Waals surface area contributed by atoms with E-state index in [9.17, 15) is 14.0 Å². The molecule has 0 aliphatic carbocycles. The second-order valence-electron chi connectivity index (χ2n) is 6.03. The summed E-state index contributed by atoms with van der Waals surface area (Å²) in [7, 11) is 1.56. The molecule has 0 atom stereocenters. The summed E-state index contributed by atoms with van der Waals surface area (Å²) in [5.74, 6) is -0.280. The molecule has 1 heterocycles. The minimum atomic E-state index is -0.310. The Labute approximate surface area is 165 Å². The van der Waals surface area contributed by atoms with Crippen LogP contribution in [0.4, 0.5) is 4.39 Å². The van der Waals surface area contributed by atoms with Gasteiger partial charge in [-0.15, -0.1) is 11.8 Å². The molecule has 3 aromatic rings. The molecule has 3 rings (SSSR count). The van der Waals surface area contributed by atoms with E-state index in [1.165, 1.54) is 28.6 Å². The molecule has 2 aromatic carbocycles. The van der Waals surface area contributed by atoms with Crippen molar-refractivity contribution in [2.45, 2.75) is 18.0 Å². The maximum atomic E-state index is 12.9. The van der Waals surface area contributed by atoms with Gasteiger partial charge in [0.25, 0.3) is 5.56 Å². The van der Waals surface area contributed by atoms with Gasteiger partial charge in [-0.3, -0.25) is 9.59 Å². The van der Waals surface area contributed by atoms with E-state index in [-0.39, 0.29) is 29.6 Å². The van der Waals surface area contributed by atoms with Crippen molar-refractivity contribution < 1.29 is 13.9 Å².